The number of nitrogen functional groups attached to an aromatic ring is 1. The van der Waals surface area contributed by atoms with Crippen LogP contribution in [-0.4, -0.2) is 5.78 Å². The third-order valence-corrected chi connectivity index (χ3v) is 3.21. The number of halogens is 1. The maximum absolute atomic E-state index is 12.0. The van der Waals surface area contributed by atoms with Gasteiger partial charge in [0.15, 0.2) is 5.78 Å². The SMILES string of the molecule is Nc1ccccc1C(=O)CCc1ccccc1Cl. The van der Waals surface area contributed by atoms with Crippen molar-refractivity contribution in [1.82, 2.24) is 0 Å². The Labute approximate surface area is 111 Å². The van der Waals surface area contributed by atoms with Gasteiger partial charge in [0, 0.05) is 22.7 Å². The topological polar surface area (TPSA) is 43.1 Å². The van der Waals surface area contributed by atoms with Gasteiger partial charge in [0.25, 0.3) is 0 Å². The minimum Gasteiger partial charge on any atom is -0.398 e. The molecule has 2 rings (SSSR count). The quantitative estimate of drug-likeness (QED) is 0.671. The number of hydrogen-bond acceptors (Lipinski definition) is 2. The standard InChI is InChI=1S/C15H14ClNO/c16-13-7-3-1-5-11(13)9-10-15(18)12-6-2-4-8-14(12)17/h1-8H,9-10,17H2. The number of aryl methyl sites for hydroxylation is 1. The average molecular weight is 260 g/mol. The number of ketones is 1. The number of anilines is 1. The fourth-order valence-corrected chi connectivity index (χ4v) is 2.07. The average Bonchev–Trinajstić information content (AvgIpc) is 2.38. The molecule has 0 aliphatic carbocycles. The summed E-state index contributed by atoms with van der Waals surface area (Å²) in [6.45, 7) is 0. The van der Waals surface area contributed by atoms with Crippen molar-refractivity contribution in [2.24, 2.45) is 0 Å². The molecule has 0 aliphatic heterocycles. The Bertz CT molecular complexity index is 566. The summed E-state index contributed by atoms with van der Waals surface area (Å²) < 4.78 is 0. The zero-order valence-corrected chi connectivity index (χ0v) is 10.7. The molecule has 2 aromatic carbocycles. The second-order valence-electron chi connectivity index (χ2n) is 4.10. The van der Waals surface area contributed by atoms with Gasteiger partial charge >= 0.3 is 0 Å². The summed E-state index contributed by atoms with van der Waals surface area (Å²) in [5.41, 5.74) is 7.88. The Morgan fingerprint density at radius 3 is 2.44 bits per heavy atom. The molecule has 2 N–H and O–H groups in total. The fourth-order valence-electron chi connectivity index (χ4n) is 1.83. The molecule has 0 aromatic heterocycles. The Morgan fingerprint density at radius 2 is 1.72 bits per heavy atom. The van der Waals surface area contributed by atoms with Gasteiger partial charge in [-0.3, -0.25) is 4.79 Å². The molecular weight excluding hydrogens is 246 g/mol. The number of Topliss-reactive ketones (excluding diaryl/α,β-unsaturated/α-hetero) is 1. The van der Waals surface area contributed by atoms with E-state index in [0.29, 0.717) is 29.1 Å². The first-order valence-corrected chi connectivity index (χ1v) is 6.17. The van der Waals surface area contributed by atoms with Crippen molar-refractivity contribution in [3.8, 4) is 0 Å². The van der Waals surface area contributed by atoms with E-state index in [9.17, 15) is 4.79 Å². The van der Waals surface area contributed by atoms with E-state index in [-0.39, 0.29) is 5.78 Å². The van der Waals surface area contributed by atoms with Crippen LogP contribution in [0.25, 0.3) is 0 Å². The highest BCUT2D eigenvalue weighted by atomic mass is 35.5. The van der Waals surface area contributed by atoms with Crippen LogP contribution in [0.5, 0.6) is 0 Å². The predicted molar refractivity (Wildman–Crippen MR) is 75.0 cm³/mol. The molecule has 92 valence electrons. The van der Waals surface area contributed by atoms with Crippen molar-refractivity contribution in [3.05, 3.63) is 64.7 Å². The summed E-state index contributed by atoms with van der Waals surface area (Å²) in [4.78, 5) is 12.0. The number of hydrogen-bond donors (Lipinski definition) is 1. The van der Waals surface area contributed by atoms with Crippen LogP contribution in [-0.2, 0) is 6.42 Å². The van der Waals surface area contributed by atoms with Gasteiger partial charge in [0.2, 0.25) is 0 Å². The van der Waals surface area contributed by atoms with Crippen molar-refractivity contribution in [2.75, 3.05) is 5.73 Å². The Hall–Kier alpha value is -1.80. The van der Waals surface area contributed by atoms with Crippen molar-refractivity contribution >= 4 is 23.1 Å². The predicted octanol–water partition coefficient (Wildman–Crippen LogP) is 3.74. The lowest BCUT2D eigenvalue weighted by Crippen LogP contribution is -2.05. The normalized spacial score (nSPS) is 10.3. The molecule has 0 unspecified atom stereocenters. The molecule has 0 radical (unpaired) electrons. The van der Waals surface area contributed by atoms with E-state index in [2.05, 4.69) is 0 Å². The minimum atomic E-state index is 0.0491. The molecule has 18 heavy (non-hydrogen) atoms. The van der Waals surface area contributed by atoms with Crippen LogP contribution < -0.4 is 5.73 Å². The van der Waals surface area contributed by atoms with Gasteiger partial charge in [0.05, 0.1) is 0 Å². The summed E-state index contributed by atoms with van der Waals surface area (Å²) in [6.07, 6.45) is 1.05. The Balaban J connectivity index is 2.06. The maximum Gasteiger partial charge on any atom is 0.165 e. The number of carbonyl (C=O) groups excluding carboxylic acids is 1. The first kappa shape index (κ1) is 12.7. The maximum atomic E-state index is 12.0. The molecule has 0 amide bonds. The van der Waals surface area contributed by atoms with Gasteiger partial charge in [0.1, 0.15) is 0 Å². The molecule has 0 saturated heterocycles. The summed E-state index contributed by atoms with van der Waals surface area (Å²) in [7, 11) is 0. The van der Waals surface area contributed by atoms with E-state index in [1.165, 1.54) is 0 Å². The van der Waals surface area contributed by atoms with Crippen LogP contribution in [0.3, 0.4) is 0 Å². The Kier molecular flexibility index (Phi) is 4.00. The third kappa shape index (κ3) is 2.90. The van der Waals surface area contributed by atoms with Crippen LogP contribution in [0, 0.1) is 0 Å². The van der Waals surface area contributed by atoms with Gasteiger partial charge in [-0.1, -0.05) is 41.9 Å². The summed E-state index contributed by atoms with van der Waals surface area (Å²) in [6, 6.07) is 14.7. The van der Waals surface area contributed by atoms with Gasteiger partial charge in [-0.25, -0.2) is 0 Å². The summed E-state index contributed by atoms with van der Waals surface area (Å²) in [5, 5.41) is 0.700. The number of benzene rings is 2. The molecule has 0 fully saturated rings. The summed E-state index contributed by atoms with van der Waals surface area (Å²) >= 11 is 6.05. The lowest BCUT2D eigenvalue weighted by atomic mass is 10.0. The first-order valence-electron chi connectivity index (χ1n) is 5.79. The molecule has 3 heteroatoms. The molecule has 2 aromatic rings. The molecule has 0 aliphatic rings. The Morgan fingerprint density at radius 1 is 1.06 bits per heavy atom. The van der Waals surface area contributed by atoms with Crippen LogP contribution in [0.2, 0.25) is 5.02 Å². The van der Waals surface area contributed by atoms with E-state index >= 15 is 0 Å². The van der Waals surface area contributed by atoms with Gasteiger partial charge in [-0.05, 0) is 30.2 Å². The minimum absolute atomic E-state index is 0.0491. The zero-order chi connectivity index (χ0) is 13.0. The van der Waals surface area contributed by atoms with Gasteiger partial charge in [-0.15, -0.1) is 0 Å². The first-order chi connectivity index (χ1) is 8.68. The number of rotatable bonds is 4. The second-order valence-corrected chi connectivity index (χ2v) is 4.51. The monoisotopic (exact) mass is 259 g/mol. The smallest absolute Gasteiger partial charge is 0.165 e. The van der Waals surface area contributed by atoms with E-state index in [1.807, 2.05) is 36.4 Å². The highest BCUT2D eigenvalue weighted by molar-refractivity contribution is 6.31. The van der Waals surface area contributed by atoms with E-state index in [1.54, 1.807) is 12.1 Å². The lowest BCUT2D eigenvalue weighted by Gasteiger charge is -2.05. The fraction of sp³-hybridized carbons (Fsp3) is 0.133. The second kappa shape index (κ2) is 5.69. The van der Waals surface area contributed by atoms with Crippen LogP contribution in [0.1, 0.15) is 22.3 Å². The zero-order valence-electron chi connectivity index (χ0n) is 9.90. The third-order valence-electron chi connectivity index (χ3n) is 2.84. The number of para-hydroxylation sites is 1. The number of carbonyl (C=O) groups is 1. The molecule has 2 nitrogen and oxygen atoms in total. The van der Waals surface area contributed by atoms with E-state index in [0.717, 1.165) is 5.56 Å². The van der Waals surface area contributed by atoms with E-state index in [4.69, 9.17) is 17.3 Å². The van der Waals surface area contributed by atoms with Gasteiger partial charge < -0.3 is 5.73 Å². The van der Waals surface area contributed by atoms with Crippen molar-refractivity contribution in [1.29, 1.82) is 0 Å². The van der Waals surface area contributed by atoms with E-state index < -0.39 is 0 Å². The molecule has 0 bridgehead atoms. The molecular formula is C15H14ClNO. The molecule has 0 spiro atoms. The van der Waals surface area contributed by atoms with Crippen molar-refractivity contribution in [2.45, 2.75) is 12.8 Å². The molecule has 0 atom stereocenters. The molecule has 0 heterocycles. The lowest BCUT2D eigenvalue weighted by molar-refractivity contribution is 0.0983. The van der Waals surface area contributed by atoms with Gasteiger partial charge in [-0.2, -0.15) is 0 Å². The highest BCUT2D eigenvalue weighted by Gasteiger charge is 2.09. The van der Waals surface area contributed by atoms with Crippen LogP contribution >= 0.6 is 11.6 Å². The van der Waals surface area contributed by atoms with Crippen LogP contribution in [0.4, 0.5) is 5.69 Å². The number of nitrogens with two attached hydrogens (primary N) is 1. The highest BCUT2D eigenvalue weighted by Crippen LogP contribution is 2.19. The van der Waals surface area contributed by atoms with Crippen molar-refractivity contribution < 1.29 is 4.79 Å². The largest absolute Gasteiger partial charge is 0.398 e. The van der Waals surface area contributed by atoms with Crippen LogP contribution in [0.15, 0.2) is 48.5 Å². The van der Waals surface area contributed by atoms with Crippen molar-refractivity contribution in [3.63, 3.8) is 0 Å². The summed E-state index contributed by atoms with van der Waals surface area (Å²) in [5.74, 6) is 0.0491. The molecule has 0 saturated carbocycles.